The lowest BCUT2D eigenvalue weighted by Crippen LogP contribution is -2.22. The summed E-state index contributed by atoms with van der Waals surface area (Å²) in [6.45, 7) is 2.10. The molecule has 0 radical (unpaired) electrons. The van der Waals surface area contributed by atoms with Crippen molar-refractivity contribution in [3.8, 4) is 11.6 Å². The summed E-state index contributed by atoms with van der Waals surface area (Å²) in [5.41, 5.74) is 2.12. The van der Waals surface area contributed by atoms with E-state index >= 15 is 0 Å². The number of aromatic nitrogens is 1. The van der Waals surface area contributed by atoms with Crippen molar-refractivity contribution in [3.05, 3.63) is 65.7 Å². The fourth-order valence-electron chi connectivity index (χ4n) is 2.54. The molecular weight excluding hydrogens is 332 g/mol. The van der Waals surface area contributed by atoms with E-state index in [-0.39, 0.29) is 11.5 Å². The largest absolute Gasteiger partial charge is 0.478 e. The molecule has 0 aliphatic carbocycles. The van der Waals surface area contributed by atoms with Gasteiger partial charge in [-0.25, -0.2) is 9.78 Å². The summed E-state index contributed by atoms with van der Waals surface area (Å²) in [4.78, 5) is 26.3. The van der Waals surface area contributed by atoms with E-state index < -0.39 is 5.97 Å². The lowest BCUT2D eigenvalue weighted by atomic mass is 10.1. The van der Waals surface area contributed by atoms with Crippen LogP contribution in [0, 0.1) is 0 Å². The fourth-order valence-corrected chi connectivity index (χ4v) is 2.54. The van der Waals surface area contributed by atoms with Crippen molar-refractivity contribution in [1.29, 1.82) is 0 Å². The van der Waals surface area contributed by atoms with Gasteiger partial charge < -0.3 is 15.2 Å². The summed E-state index contributed by atoms with van der Waals surface area (Å²) < 4.78 is 5.69. The monoisotopic (exact) mass is 350 g/mol. The van der Waals surface area contributed by atoms with Gasteiger partial charge in [-0.2, -0.15) is 0 Å². The van der Waals surface area contributed by atoms with E-state index in [2.05, 4.69) is 10.3 Å². The van der Waals surface area contributed by atoms with Crippen LogP contribution in [0.5, 0.6) is 11.6 Å². The van der Waals surface area contributed by atoms with Crippen molar-refractivity contribution in [1.82, 2.24) is 10.3 Å². The van der Waals surface area contributed by atoms with Crippen LogP contribution in [0.25, 0.3) is 10.9 Å². The number of nitrogens with zero attached hydrogens (tertiary/aromatic N) is 1. The smallest absolute Gasteiger partial charge is 0.335 e. The van der Waals surface area contributed by atoms with Gasteiger partial charge in [0.15, 0.2) is 0 Å². The number of carbonyl (C=O) groups excluding carboxylic acids is 1. The van der Waals surface area contributed by atoms with Gasteiger partial charge in [-0.3, -0.25) is 4.79 Å². The highest BCUT2D eigenvalue weighted by Gasteiger charge is 2.05. The van der Waals surface area contributed by atoms with Crippen molar-refractivity contribution in [2.45, 2.75) is 13.3 Å². The second-order valence-corrected chi connectivity index (χ2v) is 5.84. The van der Waals surface area contributed by atoms with Crippen molar-refractivity contribution < 1.29 is 19.4 Å². The van der Waals surface area contributed by atoms with E-state index in [9.17, 15) is 9.59 Å². The van der Waals surface area contributed by atoms with Crippen LogP contribution >= 0.6 is 0 Å². The van der Waals surface area contributed by atoms with Crippen LogP contribution < -0.4 is 10.1 Å². The topological polar surface area (TPSA) is 88.5 Å². The molecule has 1 heterocycles. The number of hydrogen-bond donors (Lipinski definition) is 2. The quantitative estimate of drug-likeness (QED) is 0.711. The number of pyridine rings is 1. The van der Waals surface area contributed by atoms with Gasteiger partial charge in [0.1, 0.15) is 5.75 Å². The normalized spacial score (nSPS) is 10.5. The SMILES string of the molecule is CC(=O)NCCc1ccc2nc(Oc3ccc(C(=O)O)cc3)ccc2c1. The number of hydrogen-bond acceptors (Lipinski definition) is 4. The molecule has 3 rings (SSSR count). The highest BCUT2D eigenvalue weighted by Crippen LogP contribution is 2.23. The molecule has 0 spiro atoms. The molecule has 2 aromatic carbocycles. The van der Waals surface area contributed by atoms with Gasteiger partial charge in [-0.15, -0.1) is 0 Å². The number of fused-ring (bicyclic) bond motifs is 1. The molecule has 0 aliphatic heterocycles. The minimum Gasteiger partial charge on any atom is -0.478 e. The van der Waals surface area contributed by atoms with E-state index in [0.717, 1.165) is 22.9 Å². The average molecular weight is 350 g/mol. The van der Waals surface area contributed by atoms with E-state index in [1.54, 1.807) is 18.2 Å². The van der Waals surface area contributed by atoms with Gasteiger partial charge in [-0.1, -0.05) is 6.07 Å². The lowest BCUT2D eigenvalue weighted by molar-refractivity contribution is -0.118. The number of rotatable bonds is 6. The summed E-state index contributed by atoms with van der Waals surface area (Å²) in [6, 6.07) is 15.8. The molecule has 6 nitrogen and oxygen atoms in total. The minimum atomic E-state index is -0.977. The predicted octanol–water partition coefficient (Wildman–Crippen LogP) is 3.40. The molecule has 26 heavy (non-hydrogen) atoms. The van der Waals surface area contributed by atoms with E-state index in [1.807, 2.05) is 24.3 Å². The highest BCUT2D eigenvalue weighted by atomic mass is 16.5. The Balaban J connectivity index is 1.72. The molecule has 0 saturated heterocycles. The molecule has 0 bridgehead atoms. The molecule has 1 amide bonds. The molecule has 0 aliphatic rings. The summed E-state index contributed by atoms with van der Waals surface area (Å²) in [6.07, 6.45) is 0.754. The number of nitrogens with one attached hydrogen (secondary N) is 1. The maximum absolute atomic E-state index is 10.9. The standard InChI is InChI=1S/C20H18N2O4/c1-13(23)21-11-10-14-2-8-18-16(12-14)5-9-19(22-18)26-17-6-3-15(4-7-17)20(24)25/h2-9,12H,10-11H2,1H3,(H,21,23)(H,24,25). The second kappa shape index (κ2) is 7.65. The Kier molecular flexibility index (Phi) is 5.12. The summed E-state index contributed by atoms with van der Waals surface area (Å²) >= 11 is 0. The van der Waals surface area contributed by atoms with Crippen LogP contribution in [0.3, 0.4) is 0 Å². The molecular formula is C20H18N2O4. The number of carbonyl (C=O) groups is 2. The third-order valence-electron chi connectivity index (χ3n) is 3.84. The Morgan fingerprint density at radius 3 is 2.54 bits per heavy atom. The molecule has 0 fully saturated rings. The molecule has 0 atom stereocenters. The van der Waals surface area contributed by atoms with Gasteiger partial charge in [0, 0.05) is 24.9 Å². The first-order valence-electron chi connectivity index (χ1n) is 8.16. The Labute approximate surface area is 150 Å². The Morgan fingerprint density at radius 2 is 1.85 bits per heavy atom. The van der Waals surface area contributed by atoms with Crippen LogP contribution in [0.15, 0.2) is 54.6 Å². The fraction of sp³-hybridized carbons (Fsp3) is 0.150. The zero-order valence-corrected chi connectivity index (χ0v) is 14.2. The van der Waals surface area contributed by atoms with Crippen molar-refractivity contribution >= 4 is 22.8 Å². The van der Waals surface area contributed by atoms with Crippen molar-refractivity contribution in [2.24, 2.45) is 0 Å². The first-order valence-corrected chi connectivity index (χ1v) is 8.16. The van der Waals surface area contributed by atoms with Crippen LogP contribution in [0.2, 0.25) is 0 Å². The van der Waals surface area contributed by atoms with Gasteiger partial charge >= 0.3 is 5.97 Å². The van der Waals surface area contributed by atoms with E-state index in [0.29, 0.717) is 18.2 Å². The summed E-state index contributed by atoms with van der Waals surface area (Å²) in [5.74, 6) is -0.0549. The zero-order chi connectivity index (χ0) is 18.5. The zero-order valence-electron chi connectivity index (χ0n) is 14.2. The molecule has 0 saturated carbocycles. The second-order valence-electron chi connectivity index (χ2n) is 5.84. The molecule has 132 valence electrons. The van der Waals surface area contributed by atoms with E-state index in [4.69, 9.17) is 9.84 Å². The van der Waals surface area contributed by atoms with Gasteiger partial charge in [0.25, 0.3) is 0 Å². The molecule has 6 heteroatoms. The van der Waals surface area contributed by atoms with Gasteiger partial charge in [0.05, 0.1) is 11.1 Å². The highest BCUT2D eigenvalue weighted by molar-refractivity contribution is 5.87. The van der Waals surface area contributed by atoms with E-state index in [1.165, 1.54) is 19.1 Å². The molecule has 2 N–H and O–H groups in total. The first-order chi connectivity index (χ1) is 12.5. The lowest BCUT2D eigenvalue weighted by Gasteiger charge is -2.08. The maximum Gasteiger partial charge on any atom is 0.335 e. The number of aromatic carboxylic acids is 1. The van der Waals surface area contributed by atoms with Crippen molar-refractivity contribution in [2.75, 3.05) is 6.54 Å². The summed E-state index contributed by atoms with van der Waals surface area (Å²) in [5, 5.41) is 12.7. The molecule has 3 aromatic rings. The van der Waals surface area contributed by atoms with Crippen LogP contribution in [0.1, 0.15) is 22.8 Å². The Morgan fingerprint density at radius 1 is 1.08 bits per heavy atom. The summed E-state index contributed by atoms with van der Waals surface area (Å²) in [7, 11) is 0. The molecule has 0 unspecified atom stereocenters. The minimum absolute atomic E-state index is 0.0365. The average Bonchev–Trinajstić information content (AvgIpc) is 2.62. The number of ether oxygens (including phenoxy) is 1. The van der Waals surface area contributed by atoms with Crippen LogP contribution in [0.4, 0.5) is 0 Å². The third kappa shape index (κ3) is 4.36. The third-order valence-corrected chi connectivity index (χ3v) is 3.84. The Hall–Kier alpha value is -3.41. The maximum atomic E-state index is 10.9. The van der Waals surface area contributed by atoms with Gasteiger partial charge in [-0.05, 0) is 54.4 Å². The Bertz CT molecular complexity index is 952. The van der Waals surface area contributed by atoms with Crippen molar-refractivity contribution in [3.63, 3.8) is 0 Å². The van der Waals surface area contributed by atoms with Crippen LogP contribution in [-0.2, 0) is 11.2 Å². The number of amides is 1. The first kappa shape index (κ1) is 17.4. The number of carboxylic acid groups (broad SMARTS) is 1. The van der Waals surface area contributed by atoms with Crippen LogP contribution in [-0.4, -0.2) is 28.5 Å². The van der Waals surface area contributed by atoms with Gasteiger partial charge in [0.2, 0.25) is 11.8 Å². The molecule has 1 aromatic heterocycles. The predicted molar refractivity (Wildman–Crippen MR) is 97.6 cm³/mol. The number of benzene rings is 2. The number of carboxylic acids is 1.